The number of halogens is 1. The quantitative estimate of drug-likeness (QED) is 0.509. The van der Waals surface area contributed by atoms with Gasteiger partial charge in [0.2, 0.25) is 0 Å². The van der Waals surface area contributed by atoms with Crippen LogP contribution < -0.4 is 0 Å². The van der Waals surface area contributed by atoms with Crippen molar-refractivity contribution in [2.24, 2.45) is 4.40 Å². The van der Waals surface area contributed by atoms with Crippen molar-refractivity contribution >= 4 is 35.3 Å². The van der Waals surface area contributed by atoms with Gasteiger partial charge in [0, 0.05) is 23.7 Å². The minimum absolute atomic E-state index is 0.239. The van der Waals surface area contributed by atoms with E-state index >= 15 is 0 Å². The number of carbonyl (C=O) groups excluding carboxylic acids is 1. The monoisotopic (exact) mass is 432 g/mol. The number of rotatable bonds is 4. The number of carbonyl (C=O) groups is 1. The first-order valence-corrected chi connectivity index (χ1v) is 11.0. The van der Waals surface area contributed by atoms with Gasteiger partial charge in [0.25, 0.3) is 0 Å². The van der Waals surface area contributed by atoms with Crippen molar-refractivity contribution in [1.82, 2.24) is 4.90 Å². The average Bonchev–Trinajstić information content (AvgIpc) is 2.69. The summed E-state index contributed by atoms with van der Waals surface area (Å²) in [5, 5.41) is 0.604. The molecule has 0 fully saturated rings. The maximum absolute atomic E-state index is 12.6. The predicted molar refractivity (Wildman–Crippen MR) is 118 cm³/mol. The lowest BCUT2D eigenvalue weighted by atomic mass is 9.95. The Balaban J connectivity index is 1.74. The van der Waals surface area contributed by atoms with Crippen LogP contribution in [0.5, 0.6) is 0 Å². The fourth-order valence-electron chi connectivity index (χ4n) is 3.00. The smallest absolute Gasteiger partial charge is 0.410 e. The van der Waals surface area contributed by atoms with E-state index in [-0.39, 0.29) is 12.7 Å². The normalized spacial score (nSPS) is 15.3. The number of hydrogen-bond donors (Lipinski definition) is 0. The molecule has 154 valence electrons. The Hall–Kier alpha value is -2.02. The molecule has 1 atom stereocenters. The Bertz CT molecular complexity index is 897. The van der Waals surface area contributed by atoms with Gasteiger partial charge in [-0.15, -0.1) is 0 Å². The van der Waals surface area contributed by atoms with Crippen LogP contribution in [0.2, 0.25) is 5.02 Å². The summed E-state index contributed by atoms with van der Waals surface area (Å²) < 4.78 is 21.5. The Morgan fingerprint density at radius 1 is 1.31 bits per heavy atom. The minimum Gasteiger partial charge on any atom is -0.591 e. The highest BCUT2D eigenvalue weighted by Gasteiger charge is 2.27. The molecular weight excluding hydrogens is 408 g/mol. The first-order valence-electron chi connectivity index (χ1n) is 9.47. The molecule has 7 heteroatoms. The molecule has 29 heavy (non-hydrogen) atoms. The third kappa shape index (κ3) is 5.75. The van der Waals surface area contributed by atoms with E-state index in [2.05, 4.69) is 4.40 Å². The molecule has 1 aliphatic rings. The van der Waals surface area contributed by atoms with Crippen LogP contribution in [0, 0.1) is 0 Å². The highest BCUT2D eigenvalue weighted by Crippen LogP contribution is 2.27. The van der Waals surface area contributed by atoms with Crippen molar-refractivity contribution in [3.8, 4) is 0 Å². The zero-order valence-corrected chi connectivity index (χ0v) is 18.4. The zero-order valence-electron chi connectivity index (χ0n) is 16.9. The highest BCUT2D eigenvalue weighted by atomic mass is 35.5. The standard InChI is InChI=1S/C22H25ClN2O3S/c1-22(2,3)29(27)24-13-18-12-19(23)11-17-9-10-25(14-20(17)18)21(26)28-15-16-7-5-4-6-8-16/h4-8,11-13H,9-10,14-15H2,1-3H3/t29-/m0/s1. The summed E-state index contributed by atoms with van der Waals surface area (Å²) in [7, 11) is 0. The lowest BCUT2D eigenvalue weighted by Crippen LogP contribution is -2.36. The largest absolute Gasteiger partial charge is 0.591 e. The number of nitrogens with zero attached hydrogens (tertiary/aromatic N) is 2. The van der Waals surface area contributed by atoms with Crippen molar-refractivity contribution in [2.75, 3.05) is 6.54 Å². The molecular formula is C22H25ClN2O3S. The molecule has 0 spiro atoms. The van der Waals surface area contributed by atoms with Crippen LogP contribution in [0.25, 0.3) is 0 Å². The summed E-state index contributed by atoms with van der Waals surface area (Å²) in [5.41, 5.74) is 3.77. The summed E-state index contributed by atoms with van der Waals surface area (Å²) in [4.78, 5) is 14.2. The number of hydrogen-bond acceptors (Lipinski definition) is 4. The first kappa shape index (κ1) is 21.7. The van der Waals surface area contributed by atoms with E-state index in [1.807, 2.05) is 57.2 Å². The summed E-state index contributed by atoms with van der Waals surface area (Å²) >= 11 is 4.89. The molecule has 0 aliphatic carbocycles. The van der Waals surface area contributed by atoms with Crippen LogP contribution in [0.4, 0.5) is 4.79 Å². The molecule has 0 saturated carbocycles. The summed E-state index contributed by atoms with van der Waals surface area (Å²) in [5.74, 6) is 0. The molecule has 1 aliphatic heterocycles. The molecule has 1 amide bonds. The Labute approximate surface area is 180 Å². The molecule has 0 radical (unpaired) electrons. The van der Waals surface area contributed by atoms with Gasteiger partial charge in [-0.05, 0) is 56.0 Å². The molecule has 2 aromatic rings. The maximum atomic E-state index is 12.6. The molecule has 3 rings (SSSR count). The van der Waals surface area contributed by atoms with Crippen LogP contribution in [0.3, 0.4) is 0 Å². The second-order valence-electron chi connectivity index (χ2n) is 7.94. The van der Waals surface area contributed by atoms with Crippen LogP contribution in [0.15, 0.2) is 46.9 Å². The van der Waals surface area contributed by atoms with Gasteiger partial charge in [0.05, 0.1) is 6.21 Å². The number of benzene rings is 2. The molecule has 0 saturated heterocycles. The van der Waals surface area contributed by atoms with Crippen molar-refractivity contribution in [3.63, 3.8) is 0 Å². The van der Waals surface area contributed by atoms with Gasteiger partial charge >= 0.3 is 6.09 Å². The molecule has 2 aromatic carbocycles. The van der Waals surface area contributed by atoms with Crippen LogP contribution in [0.1, 0.15) is 43.0 Å². The summed E-state index contributed by atoms with van der Waals surface area (Å²) in [6, 6.07) is 13.3. The SMILES string of the molecule is CC(C)(C)[S@+]([O-])N=Cc1cc(Cl)cc2c1CN(C(=O)OCc1ccccc1)CC2. The van der Waals surface area contributed by atoms with Crippen LogP contribution in [-0.2, 0) is 35.7 Å². The minimum atomic E-state index is -1.37. The van der Waals surface area contributed by atoms with Gasteiger partial charge in [-0.3, -0.25) is 0 Å². The summed E-state index contributed by atoms with van der Waals surface area (Å²) in [6.45, 7) is 6.83. The maximum Gasteiger partial charge on any atom is 0.410 e. The fourth-order valence-corrected chi connectivity index (χ4v) is 3.78. The van der Waals surface area contributed by atoms with E-state index in [9.17, 15) is 9.35 Å². The molecule has 0 unspecified atom stereocenters. The average molecular weight is 433 g/mol. The Morgan fingerprint density at radius 2 is 2.03 bits per heavy atom. The second kappa shape index (κ2) is 9.20. The zero-order chi connectivity index (χ0) is 21.0. The second-order valence-corrected chi connectivity index (χ2v) is 10.3. The van der Waals surface area contributed by atoms with E-state index in [0.717, 1.165) is 22.3 Å². The van der Waals surface area contributed by atoms with Crippen molar-refractivity contribution in [1.29, 1.82) is 0 Å². The summed E-state index contributed by atoms with van der Waals surface area (Å²) in [6.07, 6.45) is 1.93. The first-order chi connectivity index (χ1) is 13.7. The Kier molecular flexibility index (Phi) is 6.88. The van der Waals surface area contributed by atoms with Crippen LogP contribution in [-0.4, -0.2) is 33.1 Å². The van der Waals surface area contributed by atoms with E-state index in [0.29, 0.717) is 24.5 Å². The van der Waals surface area contributed by atoms with E-state index in [1.54, 1.807) is 17.2 Å². The third-order valence-electron chi connectivity index (χ3n) is 4.62. The lowest BCUT2D eigenvalue weighted by molar-refractivity contribution is 0.0918. The topological polar surface area (TPSA) is 65.0 Å². The fraction of sp³-hybridized carbons (Fsp3) is 0.364. The number of ether oxygens (including phenoxy) is 1. The van der Waals surface area contributed by atoms with E-state index in [4.69, 9.17) is 16.3 Å². The van der Waals surface area contributed by atoms with Gasteiger partial charge in [-0.2, -0.15) is 0 Å². The van der Waals surface area contributed by atoms with Gasteiger partial charge in [0.1, 0.15) is 22.7 Å². The molecule has 1 heterocycles. The lowest BCUT2D eigenvalue weighted by Gasteiger charge is -2.29. The van der Waals surface area contributed by atoms with Gasteiger partial charge < -0.3 is 14.2 Å². The van der Waals surface area contributed by atoms with Crippen molar-refractivity contribution < 1.29 is 14.1 Å². The predicted octanol–water partition coefficient (Wildman–Crippen LogP) is 4.92. The molecule has 5 nitrogen and oxygen atoms in total. The number of fused-ring (bicyclic) bond motifs is 1. The number of amides is 1. The van der Waals surface area contributed by atoms with Gasteiger partial charge in [0.15, 0.2) is 0 Å². The molecule has 0 N–H and O–H groups in total. The third-order valence-corrected chi connectivity index (χ3v) is 6.18. The van der Waals surface area contributed by atoms with E-state index < -0.39 is 16.1 Å². The van der Waals surface area contributed by atoms with E-state index in [1.165, 1.54) is 0 Å². The van der Waals surface area contributed by atoms with Gasteiger partial charge in [-0.25, -0.2) is 4.79 Å². The van der Waals surface area contributed by atoms with Gasteiger partial charge in [-0.1, -0.05) is 46.3 Å². The van der Waals surface area contributed by atoms with Crippen molar-refractivity contribution in [3.05, 3.63) is 69.7 Å². The van der Waals surface area contributed by atoms with Crippen molar-refractivity contribution in [2.45, 2.75) is 45.1 Å². The molecule has 0 aromatic heterocycles. The highest BCUT2D eigenvalue weighted by molar-refractivity contribution is 7.91. The Morgan fingerprint density at radius 3 is 2.72 bits per heavy atom. The molecule has 0 bridgehead atoms. The van der Waals surface area contributed by atoms with Crippen LogP contribution >= 0.6 is 11.6 Å².